The van der Waals surface area contributed by atoms with Crippen molar-refractivity contribution >= 4 is 34.6 Å². The van der Waals surface area contributed by atoms with Crippen LogP contribution in [-0.4, -0.2) is 24.5 Å². The molecule has 0 aliphatic heterocycles. The molecule has 0 aliphatic rings. The molecular formula is C15H17N7OS. The van der Waals surface area contributed by atoms with Crippen LogP contribution in [0.15, 0.2) is 34.2 Å². The highest BCUT2D eigenvalue weighted by molar-refractivity contribution is 7.98. The Morgan fingerprint density at radius 1 is 1.08 bits per heavy atom. The summed E-state index contributed by atoms with van der Waals surface area (Å²) >= 11 is 1.37. The van der Waals surface area contributed by atoms with Gasteiger partial charge in [0.05, 0.1) is 16.7 Å². The molecule has 9 heteroatoms. The van der Waals surface area contributed by atoms with Gasteiger partial charge in [-0.25, -0.2) is 4.98 Å². The topological polar surface area (TPSA) is 126 Å². The zero-order valence-corrected chi connectivity index (χ0v) is 14.0. The van der Waals surface area contributed by atoms with Gasteiger partial charge in [0.25, 0.3) is 5.56 Å². The Hall–Kier alpha value is -2.68. The van der Waals surface area contributed by atoms with Crippen LogP contribution in [0.1, 0.15) is 19.2 Å². The van der Waals surface area contributed by atoms with Crippen LogP contribution in [-0.2, 0) is 12.3 Å². The number of hydrogen-bond acceptors (Lipinski definition) is 8. The minimum Gasteiger partial charge on any atom is -0.368 e. The lowest BCUT2D eigenvalue weighted by molar-refractivity contribution is 0.584. The normalized spacial score (nSPS) is 11.0. The summed E-state index contributed by atoms with van der Waals surface area (Å²) in [6.07, 6.45) is 0.832. The largest absolute Gasteiger partial charge is 0.368 e. The predicted molar refractivity (Wildman–Crippen MR) is 94.5 cm³/mol. The Labute approximate surface area is 142 Å². The standard InChI is InChI=1S/C15H17N7OS/c1-2-7-22-12(23)9-5-3-4-6-10(9)18-15(22)24-8-11-19-13(16)21-14(17)20-11/h3-6H,2,7-8H2,1H3,(H4,16,17,19,20,21). The van der Waals surface area contributed by atoms with Gasteiger partial charge in [-0.1, -0.05) is 30.8 Å². The van der Waals surface area contributed by atoms with E-state index < -0.39 is 0 Å². The summed E-state index contributed by atoms with van der Waals surface area (Å²) in [5.41, 5.74) is 11.8. The van der Waals surface area contributed by atoms with Gasteiger partial charge in [0.2, 0.25) is 11.9 Å². The fourth-order valence-electron chi connectivity index (χ4n) is 2.33. The molecule has 0 saturated carbocycles. The molecule has 24 heavy (non-hydrogen) atoms. The number of fused-ring (bicyclic) bond motifs is 1. The van der Waals surface area contributed by atoms with E-state index in [0.717, 1.165) is 6.42 Å². The number of para-hydroxylation sites is 1. The summed E-state index contributed by atoms with van der Waals surface area (Å²) in [5, 5.41) is 1.24. The summed E-state index contributed by atoms with van der Waals surface area (Å²) < 4.78 is 1.68. The third-order valence-corrected chi connectivity index (χ3v) is 4.29. The SMILES string of the molecule is CCCn1c(SCc2nc(N)nc(N)n2)nc2ccccc2c1=O. The van der Waals surface area contributed by atoms with Gasteiger partial charge >= 0.3 is 0 Å². The molecule has 1 aromatic carbocycles. The number of nitrogens with zero attached hydrogens (tertiary/aromatic N) is 5. The second kappa shape index (κ2) is 6.83. The minimum absolute atomic E-state index is 0.0420. The fourth-order valence-corrected chi connectivity index (χ4v) is 3.21. The molecule has 0 amide bonds. The molecule has 0 fully saturated rings. The van der Waals surface area contributed by atoms with E-state index in [2.05, 4.69) is 19.9 Å². The lowest BCUT2D eigenvalue weighted by atomic mass is 10.2. The first kappa shape index (κ1) is 16.2. The Kier molecular flexibility index (Phi) is 4.61. The van der Waals surface area contributed by atoms with Crippen LogP contribution in [0, 0.1) is 0 Å². The maximum absolute atomic E-state index is 12.7. The van der Waals surface area contributed by atoms with Gasteiger partial charge in [-0.15, -0.1) is 0 Å². The first-order valence-electron chi connectivity index (χ1n) is 7.46. The molecule has 2 aromatic heterocycles. The number of aromatic nitrogens is 5. The van der Waals surface area contributed by atoms with Gasteiger partial charge in [0, 0.05) is 6.54 Å². The Morgan fingerprint density at radius 2 is 1.79 bits per heavy atom. The van der Waals surface area contributed by atoms with Crippen molar-refractivity contribution in [3.63, 3.8) is 0 Å². The van der Waals surface area contributed by atoms with Crippen LogP contribution in [0.5, 0.6) is 0 Å². The van der Waals surface area contributed by atoms with Crippen LogP contribution in [0.2, 0.25) is 0 Å². The van der Waals surface area contributed by atoms with E-state index in [1.54, 1.807) is 10.6 Å². The number of hydrogen-bond donors (Lipinski definition) is 2. The van der Waals surface area contributed by atoms with E-state index in [0.29, 0.717) is 34.2 Å². The molecule has 0 radical (unpaired) electrons. The summed E-state index contributed by atoms with van der Waals surface area (Å²) in [6.45, 7) is 2.62. The van der Waals surface area contributed by atoms with Crippen molar-refractivity contribution in [2.24, 2.45) is 0 Å². The summed E-state index contributed by atoms with van der Waals surface area (Å²) in [6, 6.07) is 7.32. The van der Waals surface area contributed by atoms with E-state index in [9.17, 15) is 4.79 Å². The van der Waals surface area contributed by atoms with Gasteiger partial charge < -0.3 is 11.5 Å². The number of anilines is 2. The van der Waals surface area contributed by atoms with E-state index in [1.165, 1.54) is 11.8 Å². The second-order valence-electron chi connectivity index (χ2n) is 5.13. The zero-order valence-electron chi connectivity index (χ0n) is 13.1. The lowest BCUT2D eigenvalue weighted by Crippen LogP contribution is -2.23. The second-order valence-corrected chi connectivity index (χ2v) is 6.07. The third-order valence-electron chi connectivity index (χ3n) is 3.32. The maximum Gasteiger partial charge on any atom is 0.262 e. The van der Waals surface area contributed by atoms with Crippen molar-refractivity contribution in [2.45, 2.75) is 30.8 Å². The predicted octanol–water partition coefficient (Wildman–Crippen LogP) is 1.45. The van der Waals surface area contributed by atoms with Gasteiger partial charge in [-0.2, -0.15) is 15.0 Å². The van der Waals surface area contributed by atoms with Crippen molar-refractivity contribution in [3.05, 3.63) is 40.4 Å². The quantitative estimate of drug-likeness (QED) is 0.526. The number of nitrogens with two attached hydrogens (primary N) is 2. The molecule has 2 heterocycles. The highest BCUT2D eigenvalue weighted by atomic mass is 32.2. The average molecular weight is 343 g/mol. The van der Waals surface area contributed by atoms with Crippen molar-refractivity contribution < 1.29 is 0 Å². The summed E-state index contributed by atoms with van der Waals surface area (Å²) in [5.74, 6) is 1.01. The van der Waals surface area contributed by atoms with Crippen LogP contribution >= 0.6 is 11.8 Å². The van der Waals surface area contributed by atoms with E-state index in [-0.39, 0.29) is 17.5 Å². The molecule has 0 atom stereocenters. The maximum atomic E-state index is 12.7. The van der Waals surface area contributed by atoms with Crippen molar-refractivity contribution in [1.82, 2.24) is 24.5 Å². The molecule has 3 aromatic rings. The molecular weight excluding hydrogens is 326 g/mol. The highest BCUT2D eigenvalue weighted by Gasteiger charge is 2.12. The minimum atomic E-state index is -0.0420. The van der Waals surface area contributed by atoms with Crippen molar-refractivity contribution in [1.29, 1.82) is 0 Å². The fraction of sp³-hybridized carbons (Fsp3) is 0.267. The first-order chi connectivity index (χ1) is 11.6. The van der Waals surface area contributed by atoms with Gasteiger partial charge in [-0.3, -0.25) is 9.36 Å². The Bertz CT molecular complexity index is 920. The molecule has 0 spiro atoms. The third kappa shape index (κ3) is 3.30. The zero-order chi connectivity index (χ0) is 17.1. The number of nitrogen functional groups attached to an aromatic ring is 2. The molecule has 0 saturated heterocycles. The lowest BCUT2D eigenvalue weighted by Gasteiger charge is -2.12. The van der Waals surface area contributed by atoms with Crippen molar-refractivity contribution in [2.75, 3.05) is 11.5 Å². The number of thioether (sulfide) groups is 1. The van der Waals surface area contributed by atoms with Gasteiger partial charge in [0.1, 0.15) is 5.82 Å². The first-order valence-corrected chi connectivity index (χ1v) is 8.45. The van der Waals surface area contributed by atoms with Gasteiger partial charge in [0.15, 0.2) is 5.16 Å². The van der Waals surface area contributed by atoms with E-state index in [4.69, 9.17) is 11.5 Å². The molecule has 0 unspecified atom stereocenters. The van der Waals surface area contributed by atoms with Crippen LogP contribution < -0.4 is 17.0 Å². The average Bonchev–Trinajstić information content (AvgIpc) is 2.55. The summed E-state index contributed by atoms with van der Waals surface area (Å²) in [7, 11) is 0. The molecule has 0 aliphatic carbocycles. The smallest absolute Gasteiger partial charge is 0.262 e. The molecule has 3 rings (SSSR count). The van der Waals surface area contributed by atoms with Crippen LogP contribution in [0.25, 0.3) is 10.9 Å². The Balaban J connectivity index is 1.98. The van der Waals surface area contributed by atoms with Crippen LogP contribution in [0.3, 0.4) is 0 Å². The molecule has 8 nitrogen and oxygen atoms in total. The Morgan fingerprint density at radius 3 is 2.50 bits per heavy atom. The highest BCUT2D eigenvalue weighted by Crippen LogP contribution is 2.21. The summed E-state index contributed by atoms with van der Waals surface area (Å²) in [4.78, 5) is 29.1. The molecule has 0 bridgehead atoms. The number of rotatable bonds is 5. The van der Waals surface area contributed by atoms with Gasteiger partial charge in [-0.05, 0) is 18.6 Å². The van der Waals surface area contributed by atoms with E-state index in [1.807, 2.05) is 25.1 Å². The van der Waals surface area contributed by atoms with Crippen molar-refractivity contribution in [3.8, 4) is 0 Å². The number of benzene rings is 1. The van der Waals surface area contributed by atoms with E-state index >= 15 is 0 Å². The van der Waals surface area contributed by atoms with Crippen LogP contribution in [0.4, 0.5) is 11.9 Å². The molecule has 4 N–H and O–H groups in total. The molecule has 124 valence electrons. The monoisotopic (exact) mass is 343 g/mol.